The first-order chi connectivity index (χ1) is 22.5. The molecular formula is C37H31FN2O6. The standard InChI is InChI=1S/C37H31FN2O6/c38-32-24(26-12-7-13-39-26)17-27(43-18-20-8-3-1-4-9-20)30-25(32)15-22-14-23-16-28-31(34(42)37(23)35(45-37)29(22)33(30)41)36(40-46-28)44-19-21-10-5-2-6-11-21/h1-6,8-11,17,22-23,26,39H,7,12-16,18-19H2/t22?,23-,26?,37+/m0/s1. The van der Waals surface area contributed by atoms with E-state index in [1.165, 1.54) is 0 Å². The van der Waals surface area contributed by atoms with Crippen molar-refractivity contribution in [2.45, 2.75) is 57.0 Å². The number of fused-ring (bicyclic) bond motifs is 3. The number of nitrogens with one attached hydrogen (secondary N) is 1. The van der Waals surface area contributed by atoms with Crippen molar-refractivity contribution in [3.05, 3.63) is 123 Å². The third-order valence-electron chi connectivity index (χ3n) is 10.2. The Labute approximate surface area is 264 Å². The summed E-state index contributed by atoms with van der Waals surface area (Å²) >= 11 is 0. The lowest BCUT2D eigenvalue weighted by molar-refractivity contribution is 0.0734. The van der Waals surface area contributed by atoms with Crippen LogP contribution in [0.5, 0.6) is 11.6 Å². The molecule has 9 rings (SSSR count). The Kier molecular flexibility index (Phi) is 6.22. The predicted octanol–water partition coefficient (Wildman–Crippen LogP) is 6.23. The molecule has 46 heavy (non-hydrogen) atoms. The Balaban J connectivity index is 1.08. The van der Waals surface area contributed by atoms with E-state index in [2.05, 4.69) is 10.5 Å². The highest BCUT2D eigenvalue weighted by atomic mass is 19.1. The molecule has 232 valence electrons. The lowest BCUT2D eigenvalue weighted by atomic mass is 9.63. The van der Waals surface area contributed by atoms with Crippen LogP contribution in [0.15, 0.2) is 82.6 Å². The fourth-order valence-electron chi connectivity index (χ4n) is 8.00. The van der Waals surface area contributed by atoms with Crippen LogP contribution < -0.4 is 14.8 Å². The minimum atomic E-state index is -1.25. The minimum absolute atomic E-state index is 0.130. The molecule has 0 saturated carbocycles. The maximum Gasteiger partial charge on any atom is 0.265 e. The number of carbonyl (C=O) groups is 2. The van der Waals surface area contributed by atoms with Gasteiger partial charge in [-0.25, -0.2) is 4.39 Å². The van der Waals surface area contributed by atoms with Gasteiger partial charge in [0.2, 0.25) is 11.4 Å². The van der Waals surface area contributed by atoms with Crippen LogP contribution in [0.3, 0.4) is 0 Å². The molecule has 4 atom stereocenters. The van der Waals surface area contributed by atoms with Crippen LogP contribution in [0.4, 0.5) is 4.39 Å². The van der Waals surface area contributed by atoms with E-state index >= 15 is 4.39 Å². The summed E-state index contributed by atoms with van der Waals surface area (Å²) in [6, 6.07) is 20.9. The number of benzene rings is 3. The maximum atomic E-state index is 16.4. The molecule has 2 aliphatic heterocycles. The summed E-state index contributed by atoms with van der Waals surface area (Å²) in [4.78, 5) is 28.6. The second-order valence-corrected chi connectivity index (χ2v) is 12.9. The van der Waals surface area contributed by atoms with Crippen molar-refractivity contribution in [1.82, 2.24) is 10.5 Å². The monoisotopic (exact) mass is 618 g/mol. The third-order valence-corrected chi connectivity index (χ3v) is 10.2. The predicted molar refractivity (Wildman–Crippen MR) is 163 cm³/mol. The summed E-state index contributed by atoms with van der Waals surface area (Å²) < 4.78 is 40.5. The molecule has 9 heteroatoms. The van der Waals surface area contributed by atoms with Crippen molar-refractivity contribution in [2.75, 3.05) is 6.54 Å². The molecule has 0 amide bonds. The van der Waals surface area contributed by atoms with E-state index in [-0.39, 0.29) is 65.5 Å². The first-order valence-corrected chi connectivity index (χ1v) is 16.0. The highest BCUT2D eigenvalue weighted by molar-refractivity contribution is 6.17. The van der Waals surface area contributed by atoms with Gasteiger partial charge in [-0.1, -0.05) is 60.7 Å². The third kappa shape index (κ3) is 4.10. The summed E-state index contributed by atoms with van der Waals surface area (Å²) in [5.41, 5.74) is 2.52. The molecule has 3 aliphatic carbocycles. The van der Waals surface area contributed by atoms with E-state index in [1.807, 2.05) is 60.7 Å². The second kappa shape index (κ2) is 10.4. The SMILES string of the molecule is O=C1C2=C3O[C@]34C(=O)c3c(OCc5ccccc5)noc3C[C@@H]4CC2Cc2c(F)c(C3CCCN3)cc(OCc3ccccc3)c21. The molecule has 0 bridgehead atoms. The van der Waals surface area contributed by atoms with Gasteiger partial charge in [0, 0.05) is 35.1 Å². The first-order valence-electron chi connectivity index (χ1n) is 16.0. The number of aromatic nitrogens is 1. The van der Waals surface area contributed by atoms with Crippen LogP contribution in [-0.2, 0) is 30.8 Å². The normalized spacial score (nSPS) is 25.5. The van der Waals surface area contributed by atoms with Gasteiger partial charge in [0.1, 0.15) is 30.3 Å². The van der Waals surface area contributed by atoms with Crippen molar-refractivity contribution in [1.29, 1.82) is 0 Å². The highest BCUT2D eigenvalue weighted by Gasteiger charge is 2.72. The van der Waals surface area contributed by atoms with Crippen molar-refractivity contribution in [2.24, 2.45) is 11.8 Å². The minimum Gasteiger partial charge on any atom is -0.488 e. The summed E-state index contributed by atoms with van der Waals surface area (Å²) in [7, 11) is 0. The van der Waals surface area contributed by atoms with Crippen molar-refractivity contribution in [3.8, 4) is 11.6 Å². The Morgan fingerprint density at radius 2 is 1.70 bits per heavy atom. The van der Waals surface area contributed by atoms with Gasteiger partial charge in [0.15, 0.2) is 17.3 Å². The average molecular weight is 619 g/mol. The summed E-state index contributed by atoms with van der Waals surface area (Å²) in [5.74, 6) is -0.151. The zero-order valence-corrected chi connectivity index (χ0v) is 25.0. The Hall–Kier alpha value is -4.76. The van der Waals surface area contributed by atoms with Gasteiger partial charge in [-0.3, -0.25) is 9.59 Å². The first kappa shape index (κ1) is 27.5. The fraction of sp³-hybridized carbons (Fsp3) is 0.324. The van der Waals surface area contributed by atoms with Crippen molar-refractivity contribution < 1.29 is 32.7 Å². The fourth-order valence-corrected chi connectivity index (χ4v) is 8.00. The smallest absolute Gasteiger partial charge is 0.265 e. The molecule has 0 radical (unpaired) electrons. The van der Waals surface area contributed by atoms with Gasteiger partial charge < -0.3 is 24.1 Å². The topological polar surface area (TPSA) is 103 Å². The van der Waals surface area contributed by atoms with Crippen molar-refractivity contribution in [3.63, 3.8) is 0 Å². The number of ketones is 2. The number of ether oxygens (including phenoxy) is 3. The van der Waals surface area contributed by atoms with Gasteiger partial charge in [-0.15, -0.1) is 0 Å². The van der Waals surface area contributed by atoms with Gasteiger partial charge in [-0.2, -0.15) is 0 Å². The molecular weight excluding hydrogens is 587 g/mol. The van der Waals surface area contributed by atoms with Crippen LogP contribution in [0.1, 0.15) is 74.0 Å². The molecule has 5 aliphatic rings. The zero-order valence-electron chi connectivity index (χ0n) is 25.0. The van der Waals surface area contributed by atoms with Crippen LogP contribution in [0, 0.1) is 17.7 Å². The maximum absolute atomic E-state index is 16.4. The van der Waals surface area contributed by atoms with Gasteiger partial charge in [0.05, 0.1) is 5.56 Å². The molecule has 8 nitrogen and oxygen atoms in total. The Morgan fingerprint density at radius 1 is 0.957 bits per heavy atom. The van der Waals surface area contributed by atoms with E-state index in [0.717, 1.165) is 30.5 Å². The van der Waals surface area contributed by atoms with E-state index in [9.17, 15) is 9.59 Å². The number of Topliss-reactive ketones (excluding diaryl/α,β-unsaturated/α-hetero) is 2. The molecule has 2 saturated heterocycles. The lowest BCUT2D eigenvalue weighted by Gasteiger charge is -2.35. The van der Waals surface area contributed by atoms with Crippen LogP contribution in [0.2, 0.25) is 0 Å². The lowest BCUT2D eigenvalue weighted by Crippen LogP contribution is -2.44. The number of nitrogens with zero attached hydrogens (tertiary/aromatic N) is 1. The quantitative estimate of drug-likeness (QED) is 0.243. The van der Waals surface area contributed by atoms with E-state index in [4.69, 9.17) is 18.7 Å². The summed E-state index contributed by atoms with van der Waals surface area (Å²) in [6.07, 6.45) is 3.00. The molecule has 2 fully saturated rings. The second-order valence-electron chi connectivity index (χ2n) is 12.9. The molecule has 1 N–H and O–H groups in total. The Bertz CT molecular complexity index is 1930. The number of hydrogen-bond acceptors (Lipinski definition) is 8. The molecule has 2 unspecified atom stereocenters. The molecule has 3 heterocycles. The summed E-state index contributed by atoms with van der Waals surface area (Å²) in [5, 5.41) is 7.50. The van der Waals surface area contributed by atoms with E-state index in [1.54, 1.807) is 6.07 Å². The number of epoxide rings is 1. The van der Waals surface area contributed by atoms with E-state index in [0.29, 0.717) is 53.2 Å². The van der Waals surface area contributed by atoms with Gasteiger partial charge in [-0.05, 0) is 60.5 Å². The number of allylic oxidation sites excluding steroid dienone is 1. The zero-order chi connectivity index (χ0) is 31.0. The van der Waals surface area contributed by atoms with Crippen LogP contribution >= 0.6 is 0 Å². The van der Waals surface area contributed by atoms with Crippen molar-refractivity contribution >= 4 is 11.6 Å². The molecule has 4 aromatic rings. The van der Waals surface area contributed by atoms with E-state index < -0.39 is 5.60 Å². The largest absolute Gasteiger partial charge is 0.488 e. The molecule has 1 spiro atoms. The molecule has 1 aromatic heterocycles. The van der Waals surface area contributed by atoms with Gasteiger partial charge >= 0.3 is 0 Å². The molecule has 3 aromatic carbocycles. The summed E-state index contributed by atoms with van der Waals surface area (Å²) in [6.45, 7) is 1.28. The highest BCUT2D eigenvalue weighted by Crippen LogP contribution is 2.63. The average Bonchev–Trinajstić information content (AvgIpc) is 3.37. The number of hydrogen-bond donors (Lipinski definition) is 1. The Morgan fingerprint density at radius 3 is 2.41 bits per heavy atom. The van der Waals surface area contributed by atoms with Crippen LogP contribution in [0.25, 0.3) is 0 Å². The number of carbonyl (C=O) groups excluding carboxylic acids is 2. The number of rotatable bonds is 7. The number of halogens is 1. The van der Waals surface area contributed by atoms with Gasteiger partial charge in [0.25, 0.3) is 5.88 Å². The van der Waals surface area contributed by atoms with Crippen LogP contribution in [-0.4, -0.2) is 28.9 Å².